The van der Waals surface area contributed by atoms with Gasteiger partial charge in [0.1, 0.15) is 11.5 Å². The van der Waals surface area contributed by atoms with Gasteiger partial charge in [-0.05, 0) is 52.3 Å². The van der Waals surface area contributed by atoms with Crippen LogP contribution in [0.3, 0.4) is 0 Å². The summed E-state index contributed by atoms with van der Waals surface area (Å²) in [5.41, 5.74) is 1.21. The fourth-order valence-electron chi connectivity index (χ4n) is 2.08. The summed E-state index contributed by atoms with van der Waals surface area (Å²) in [6.45, 7) is 3.02. The third-order valence-electron chi connectivity index (χ3n) is 3.01. The summed E-state index contributed by atoms with van der Waals surface area (Å²) < 4.78 is 11.7. The first-order valence-corrected chi connectivity index (χ1v) is 7.13. The minimum absolute atomic E-state index is 0.235. The second kappa shape index (κ2) is 6.78. The minimum atomic E-state index is 0.235. The Morgan fingerprint density at radius 2 is 2.21 bits per heavy atom. The van der Waals surface area contributed by atoms with Gasteiger partial charge in [0.15, 0.2) is 0 Å². The van der Waals surface area contributed by atoms with Crippen LogP contribution in [0.2, 0.25) is 0 Å². The molecule has 0 spiro atoms. The van der Waals surface area contributed by atoms with E-state index in [-0.39, 0.29) is 6.04 Å². The van der Waals surface area contributed by atoms with E-state index in [9.17, 15) is 0 Å². The Kier molecular flexibility index (Phi) is 5.05. The Balaban J connectivity index is 2.20. The van der Waals surface area contributed by atoms with Crippen LogP contribution in [0.4, 0.5) is 0 Å². The van der Waals surface area contributed by atoms with E-state index < -0.39 is 0 Å². The number of likely N-dealkylation sites (N-methyl/N-ethyl adjacent to an activating group) is 1. The molecular formula is C15H18BrNO2. The minimum Gasteiger partial charge on any atom is -0.496 e. The molecule has 1 aromatic heterocycles. The molecule has 0 saturated heterocycles. The van der Waals surface area contributed by atoms with Crippen molar-refractivity contribution in [3.63, 3.8) is 0 Å². The third kappa shape index (κ3) is 3.61. The van der Waals surface area contributed by atoms with Crippen molar-refractivity contribution in [1.29, 1.82) is 0 Å². The molecule has 1 aromatic carbocycles. The van der Waals surface area contributed by atoms with Gasteiger partial charge in [0.25, 0.3) is 0 Å². The Bertz CT molecular complexity index is 511. The summed E-state index contributed by atoms with van der Waals surface area (Å²) in [7, 11) is 1.67. The maximum absolute atomic E-state index is 5.43. The van der Waals surface area contributed by atoms with Crippen molar-refractivity contribution in [3.8, 4) is 5.75 Å². The fraction of sp³-hybridized carbons (Fsp3) is 0.333. The van der Waals surface area contributed by atoms with Crippen molar-refractivity contribution in [2.24, 2.45) is 0 Å². The molecule has 1 heterocycles. The first-order valence-electron chi connectivity index (χ1n) is 6.33. The standard InChI is InChI=1S/C15H18BrNO2/c1-3-17-14(10-12-5-4-8-19-12)11-6-7-15(18-2)13(16)9-11/h4-9,14,17H,3,10H2,1-2H3. The summed E-state index contributed by atoms with van der Waals surface area (Å²) in [5.74, 6) is 1.83. The maximum Gasteiger partial charge on any atom is 0.133 e. The number of nitrogens with one attached hydrogen (secondary N) is 1. The molecule has 2 rings (SSSR count). The van der Waals surface area contributed by atoms with Crippen LogP contribution in [0.25, 0.3) is 0 Å². The van der Waals surface area contributed by atoms with Crippen LogP contribution < -0.4 is 10.1 Å². The van der Waals surface area contributed by atoms with Crippen LogP contribution in [-0.4, -0.2) is 13.7 Å². The molecular weight excluding hydrogens is 306 g/mol. The molecule has 0 aliphatic carbocycles. The Labute approximate surface area is 122 Å². The van der Waals surface area contributed by atoms with Crippen molar-refractivity contribution in [2.45, 2.75) is 19.4 Å². The molecule has 19 heavy (non-hydrogen) atoms. The number of halogens is 1. The molecule has 102 valence electrons. The lowest BCUT2D eigenvalue weighted by molar-refractivity contribution is 0.411. The van der Waals surface area contributed by atoms with Crippen LogP contribution in [0.5, 0.6) is 5.75 Å². The highest BCUT2D eigenvalue weighted by Crippen LogP contribution is 2.29. The molecule has 0 fully saturated rings. The van der Waals surface area contributed by atoms with E-state index in [1.807, 2.05) is 18.2 Å². The topological polar surface area (TPSA) is 34.4 Å². The van der Waals surface area contributed by atoms with E-state index >= 15 is 0 Å². The van der Waals surface area contributed by atoms with Crippen molar-refractivity contribution < 1.29 is 9.15 Å². The van der Waals surface area contributed by atoms with Gasteiger partial charge in [-0.25, -0.2) is 0 Å². The lowest BCUT2D eigenvalue weighted by atomic mass is 10.0. The zero-order valence-electron chi connectivity index (χ0n) is 11.2. The van der Waals surface area contributed by atoms with Gasteiger partial charge >= 0.3 is 0 Å². The predicted molar refractivity (Wildman–Crippen MR) is 79.5 cm³/mol. The van der Waals surface area contributed by atoms with Gasteiger partial charge in [0, 0.05) is 12.5 Å². The zero-order chi connectivity index (χ0) is 13.7. The van der Waals surface area contributed by atoms with E-state index in [1.165, 1.54) is 5.56 Å². The molecule has 0 aliphatic rings. The first kappa shape index (κ1) is 14.2. The number of ether oxygens (including phenoxy) is 1. The monoisotopic (exact) mass is 323 g/mol. The van der Waals surface area contributed by atoms with Gasteiger partial charge < -0.3 is 14.5 Å². The summed E-state index contributed by atoms with van der Waals surface area (Å²) in [6, 6.07) is 10.3. The fourth-order valence-corrected chi connectivity index (χ4v) is 2.64. The molecule has 1 atom stereocenters. The molecule has 0 bridgehead atoms. The smallest absolute Gasteiger partial charge is 0.133 e. The van der Waals surface area contributed by atoms with Gasteiger partial charge in [-0.15, -0.1) is 0 Å². The molecule has 0 aliphatic heterocycles. The van der Waals surface area contributed by atoms with Crippen LogP contribution >= 0.6 is 15.9 Å². The predicted octanol–water partition coefficient (Wildman–Crippen LogP) is 3.94. The van der Waals surface area contributed by atoms with Gasteiger partial charge in [0.2, 0.25) is 0 Å². The van der Waals surface area contributed by atoms with E-state index in [0.29, 0.717) is 0 Å². The Morgan fingerprint density at radius 3 is 2.79 bits per heavy atom. The zero-order valence-corrected chi connectivity index (χ0v) is 12.7. The second-order valence-corrected chi connectivity index (χ2v) is 5.14. The molecule has 0 amide bonds. The maximum atomic E-state index is 5.43. The van der Waals surface area contributed by atoms with Crippen LogP contribution in [0.1, 0.15) is 24.3 Å². The van der Waals surface area contributed by atoms with Crippen molar-refractivity contribution in [2.75, 3.05) is 13.7 Å². The van der Waals surface area contributed by atoms with E-state index in [1.54, 1.807) is 13.4 Å². The molecule has 1 unspecified atom stereocenters. The summed E-state index contributed by atoms with van der Waals surface area (Å²) >= 11 is 3.53. The average molecular weight is 324 g/mol. The average Bonchev–Trinajstić information content (AvgIpc) is 2.91. The van der Waals surface area contributed by atoms with E-state index in [0.717, 1.165) is 28.9 Å². The van der Waals surface area contributed by atoms with Crippen LogP contribution in [0, 0.1) is 0 Å². The van der Waals surface area contributed by atoms with E-state index in [2.05, 4.69) is 40.3 Å². The molecule has 1 N–H and O–H groups in total. The van der Waals surface area contributed by atoms with Crippen LogP contribution in [0.15, 0.2) is 45.5 Å². The molecule has 2 aromatic rings. The lowest BCUT2D eigenvalue weighted by Crippen LogP contribution is -2.22. The SMILES string of the molecule is CCNC(Cc1ccco1)c1ccc(OC)c(Br)c1. The summed E-state index contributed by atoms with van der Waals surface area (Å²) in [4.78, 5) is 0. The van der Waals surface area contributed by atoms with Gasteiger partial charge in [0.05, 0.1) is 17.8 Å². The second-order valence-electron chi connectivity index (χ2n) is 4.29. The Hall–Kier alpha value is -1.26. The van der Waals surface area contributed by atoms with Gasteiger partial charge in [-0.3, -0.25) is 0 Å². The summed E-state index contributed by atoms with van der Waals surface area (Å²) in [5, 5.41) is 3.48. The Morgan fingerprint density at radius 1 is 1.37 bits per heavy atom. The van der Waals surface area contributed by atoms with Gasteiger partial charge in [-0.1, -0.05) is 13.0 Å². The van der Waals surface area contributed by atoms with Crippen molar-refractivity contribution in [1.82, 2.24) is 5.32 Å². The van der Waals surface area contributed by atoms with Crippen LogP contribution in [-0.2, 0) is 6.42 Å². The number of furan rings is 1. The molecule has 0 radical (unpaired) electrons. The summed E-state index contributed by atoms with van der Waals surface area (Å²) in [6.07, 6.45) is 2.54. The number of rotatable bonds is 6. The molecule has 4 heteroatoms. The molecule has 3 nitrogen and oxygen atoms in total. The van der Waals surface area contributed by atoms with Gasteiger partial charge in [-0.2, -0.15) is 0 Å². The van der Waals surface area contributed by atoms with Crippen molar-refractivity contribution in [3.05, 3.63) is 52.4 Å². The quantitative estimate of drug-likeness (QED) is 0.874. The first-order chi connectivity index (χ1) is 9.24. The van der Waals surface area contributed by atoms with Crippen molar-refractivity contribution >= 4 is 15.9 Å². The largest absolute Gasteiger partial charge is 0.496 e. The van der Waals surface area contributed by atoms with E-state index in [4.69, 9.17) is 9.15 Å². The normalized spacial score (nSPS) is 12.4. The molecule has 0 saturated carbocycles. The number of methoxy groups -OCH3 is 1. The highest BCUT2D eigenvalue weighted by atomic mass is 79.9. The highest BCUT2D eigenvalue weighted by Gasteiger charge is 2.14. The lowest BCUT2D eigenvalue weighted by Gasteiger charge is -2.18. The number of hydrogen-bond donors (Lipinski definition) is 1. The number of benzene rings is 1. The number of hydrogen-bond acceptors (Lipinski definition) is 3. The highest BCUT2D eigenvalue weighted by molar-refractivity contribution is 9.10. The third-order valence-corrected chi connectivity index (χ3v) is 3.63.